The van der Waals surface area contributed by atoms with Crippen molar-refractivity contribution < 1.29 is 4.79 Å². The molecule has 0 aliphatic heterocycles. The summed E-state index contributed by atoms with van der Waals surface area (Å²) in [5.41, 5.74) is 0.554. The van der Waals surface area contributed by atoms with Gasteiger partial charge in [0.25, 0.3) is 5.91 Å². The topological polar surface area (TPSA) is 42.0 Å². The Morgan fingerprint density at radius 2 is 2.16 bits per heavy atom. The third kappa shape index (κ3) is 2.87. The first-order valence-corrected chi connectivity index (χ1v) is 8.25. The van der Waals surface area contributed by atoms with E-state index in [4.69, 9.17) is 0 Å². The SMILES string of the molecule is Cc1ccc(-c2nc(C(=O)NC3CCCC3)cs2)s1. The Balaban J connectivity index is 1.71. The van der Waals surface area contributed by atoms with Crippen molar-refractivity contribution in [2.45, 2.75) is 38.6 Å². The normalized spacial score (nSPS) is 15.8. The van der Waals surface area contributed by atoms with E-state index in [-0.39, 0.29) is 5.91 Å². The third-order valence-electron chi connectivity index (χ3n) is 3.38. The molecular weight excluding hydrogens is 276 g/mol. The number of nitrogens with one attached hydrogen (secondary N) is 1. The first kappa shape index (κ1) is 12.8. The molecule has 2 heterocycles. The number of nitrogens with zero attached hydrogens (tertiary/aromatic N) is 1. The number of amides is 1. The molecular formula is C14H16N2OS2. The summed E-state index contributed by atoms with van der Waals surface area (Å²) in [6, 6.07) is 4.50. The number of carbonyl (C=O) groups is 1. The minimum atomic E-state index is -0.0253. The van der Waals surface area contributed by atoms with Crippen LogP contribution in [0.3, 0.4) is 0 Å². The highest BCUT2D eigenvalue weighted by Gasteiger charge is 2.19. The van der Waals surface area contributed by atoms with Gasteiger partial charge in [-0.05, 0) is 31.9 Å². The molecule has 0 spiro atoms. The van der Waals surface area contributed by atoms with Crippen LogP contribution < -0.4 is 5.32 Å². The van der Waals surface area contributed by atoms with E-state index in [1.54, 1.807) is 22.7 Å². The second-order valence-electron chi connectivity index (χ2n) is 4.90. The molecule has 1 saturated carbocycles. The smallest absolute Gasteiger partial charge is 0.270 e. The number of thiophene rings is 1. The lowest BCUT2D eigenvalue weighted by Gasteiger charge is -2.09. The standard InChI is InChI=1S/C14H16N2OS2/c1-9-6-7-12(19-9)14-16-11(8-18-14)13(17)15-10-4-2-3-5-10/h6-8,10H,2-5H2,1H3,(H,15,17). The van der Waals surface area contributed by atoms with E-state index >= 15 is 0 Å². The summed E-state index contributed by atoms with van der Waals surface area (Å²) >= 11 is 3.26. The second-order valence-corrected chi connectivity index (χ2v) is 7.05. The average molecular weight is 292 g/mol. The highest BCUT2D eigenvalue weighted by atomic mass is 32.1. The molecule has 1 aliphatic rings. The maximum absolute atomic E-state index is 12.1. The fraction of sp³-hybridized carbons (Fsp3) is 0.429. The lowest BCUT2D eigenvalue weighted by molar-refractivity contribution is 0.0933. The van der Waals surface area contributed by atoms with Gasteiger partial charge in [0.2, 0.25) is 0 Å². The van der Waals surface area contributed by atoms with Crippen LogP contribution in [0.15, 0.2) is 17.5 Å². The molecule has 1 aliphatic carbocycles. The van der Waals surface area contributed by atoms with Gasteiger partial charge >= 0.3 is 0 Å². The summed E-state index contributed by atoms with van der Waals surface area (Å²) < 4.78 is 0. The van der Waals surface area contributed by atoms with Gasteiger partial charge in [-0.25, -0.2) is 4.98 Å². The zero-order chi connectivity index (χ0) is 13.2. The van der Waals surface area contributed by atoms with E-state index in [0.29, 0.717) is 11.7 Å². The molecule has 0 unspecified atom stereocenters. The van der Waals surface area contributed by atoms with Crippen LogP contribution in [0.25, 0.3) is 9.88 Å². The summed E-state index contributed by atoms with van der Waals surface area (Å²) in [6.45, 7) is 2.08. The predicted molar refractivity (Wildman–Crippen MR) is 79.9 cm³/mol. The van der Waals surface area contributed by atoms with Crippen LogP contribution in [-0.2, 0) is 0 Å². The molecule has 3 rings (SSSR count). The van der Waals surface area contributed by atoms with Gasteiger partial charge in [0.05, 0.1) is 4.88 Å². The Bertz CT molecular complexity index is 582. The van der Waals surface area contributed by atoms with Crippen molar-refractivity contribution in [1.29, 1.82) is 0 Å². The van der Waals surface area contributed by atoms with Crippen LogP contribution in [0.5, 0.6) is 0 Å². The fourth-order valence-electron chi connectivity index (χ4n) is 2.37. The Morgan fingerprint density at radius 1 is 1.37 bits per heavy atom. The Hall–Kier alpha value is -1.20. The molecule has 1 amide bonds. The molecule has 3 nitrogen and oxygen atoms in total. The minimum Gasteiger partial charge on any atom is -0.348 e. The zero-order valence-corrected chi connectivity index (χ0v) is 12.4. The van der Waals surface area contributed by atoms with Gasteiger partial charge in [0.1, 0.15) is 10.7 Å². The zero-order valence-electron chi connectivity index (χ0n) is 10.8. The molecule has 0 saturated heterocycles. The highest BCUT2D eigenvalue weighted by Crippen LogP contribution is 2.30. The number of carbonyl (C=O) groups excluding carboxylic acids is 1. The van der Waals surface area contributed by atoms with Crippen LogP contribution in [0.1, 0.15) is 41.0 Å². The predicted octanol–water partition coefficient (Wildman–Crippen LogP) is 3.85. The van der Waals surface area contributed by atoms with Gasteiger partial charge in [-0.15, -0.1) is 22.7 Å². The van der Waals surface area contributed by atoms with Crippen molar-refractivity contribution in [3.63, 3.8) is 0 Å². The van der Waals surface area contributed by atoms with E-state index in [2.05, 4.69) is 29.4 Å². The first-order chi connectivity index (χ1) is 9.22. The van der Waals surface area contributed by atoms with Gasteiger partial charge < -0.3 is 5.32 Å². The van der Waals surface area contributed by atoms with Crippen molar-refractivity contribution >= 4 is 28.6 Å². The van der Waals surface area contributed by atoms with Gasteiger partial charge in [-0.1, -0.05) is 12.8 Å². The molecule has 1 N–H and O–H groups in total. The Kier molecular flexibility index (Phi) is 3.66. The Morgan fingerprint density at radius 3 is 2.84 bits per heavy atom. The van der Waals surface area contributed by atoms with Crippen LogP contribution in [0, 0.1) is 6.92 Å². The molecule has 0 aromatic carbocycles. The lowest BCUT2D eigenvalue weighted by Crippen LogP contribution is -2.32. The van der Waals surface area contributed by atoms with Crippen molar-refractivity contribution in [2.75, 3.05) is 0 Å². The maximum Gasteiger partial charge on any atom is 0.270 e. The molecule has 5 heteroatoms. The second kappa shape index (κ2) is 5.43. The molecule has 19 heavy (non-hydrogen) atoms. The number of hydrogen-bond donors (Lipinski definition) is 1. The van der Waals surface area contributed by atoms with E-state index in [0.717, 1.165) is 22.7 Å². The van der Waals surface area contributed by atoms with Crippen molar-refractivity contribution in [3.05, 3.63) is 28.1 Å². The van der Waals surface area contributed by atoms with Crippen LogP contribution >= 0.6 is 22.7 Å². The van der Waals surface area contributed by atoms with Gasteiger partial charge in [0.15, 0.2) is 0 Å². The number of thiazole rings is 1. The van der Waals surface area contributed by atoms with E-state index in [1.165, 1.54) is 17.7 Å². The monoisotopic (exact) mass is 292 g/mol. The van der Waals surface area contributed by atoms with E-state index in [9.17, 15) is 4.79 Å². The minimum absolute atomic E-state index is 0.0253. The lowest BCUT2D eigenvalue weighted by atomic mass is 10.2. The average Bonchev–Trinajstić information content (AvgIpc) is 3.07. The molecule has 2 aromatic heterocycles. The number of hydrogen-bond acceptors (Lipinski definition) is 4. The van der Waals surface area contributed by atoms with Gasteiger partial charge in [-0.3, -0.25) is 4.79 Å². The molecule has 1 fully saturated rings. The molecule has 0 bridgehead atoms. The fourth-order valence-corrected chi connectivity index (χ4v) is 4.11. The van der Waals surface area contributed by atoms with Crippen molar-refractivity contribution in [2.24, 2.45) is 0 Å². The summed E-state index contributed by atoms with van der Waals surface area (Å²) in [7, 11) is 0. The quantitative estimate of drug-likeness (QED) is 0.933. The van der Waals surface area contributed by atoms with Crippen molar-refractivity contribution in [1.82, 2.24) is 10.3 Å². The Labute approximate surface area is 120 Å². The van der Waals surface area contributed by atoms with Gasteiger partial charge in [0, 0.05) is 16.3 Å². The number of rotatable bonds is 3. The van der Waals surface area contributed by atoms with E-state index in [1.807, 2.05) is 5.38 Å². The highest BCUT2D eigenvalue weighted by molar-refractivity contribution is 7.21. The largest absolute Gasteiger partial charge is 0.348 e. The maximum atomic E-state index is 12.1. The molecule has 0 radical (unpaired) electrons. The van der Waals surface area contributed by atoms with Crippen LogP contribution in [0.4, 0.5) is 0 Å². The van der Waals surface area contributed by atoms with Gasteiger partial charge in [-0.2, -0.15) is 0 Å². The van der Waals surface area contributed by atoms with E-state index < -0.39 is 0 Å². The number of aromatic nitrogens is 1. The summed E-state index contributed by atoms with van der Waals surface area (Å²) in [4.78, 5) is 18.9. The number of aryl methyl sites for hydroxylation is 1. The molecule has 100 valence electrons. The van der Waals surface area contributed by atoms with Crippen LogP contribution in [0.2, 0.25) is 0 Å². The molecule has 0 atom stereocenters. The third-order valence-corrected chi connectivity index (χ3v) is 5.39. The van der Waals surface area contributed by atoms with Crippen LogP contribution in [-0.4, -0.2) is 16.9 Å². The summed E-state index contributed by atoms with van der Waals surface area (Å²) in [6.07, 6.45) is 4.66. The molecule has 2 aromatic rings. The first-order valence-electron chi connectivity index (χ1n) is 6.55. The van der Waals surface area contributed by atoms with Crippen molar-refractivity contribution in [3.8, 4) is 9.88 Å². The summed E-state index contributed by atoms with van der Waals surface area (Å²) in [5.74, 6) is -0.0253. The summed E-state index contributed by atoms with van der Waals surface area (Å²) in [5, 5.41) is 5.87.